The number of aromatic nitrogens is 2. The number of H-pyrrole nitrogens is 1. The minimum absolute atomic E-state index is 0.0907. The number of furan rings is 1. The Labute approximate surface area is 143 Å². The maximum atomic E-state index is 12.5. The fourth-order valence-corrected chi connectivity index (χ4v) is 3.07. The highest BCUT2D eigenvalue weighted by Gasteiger charge is 2.25. The smallest absolute Gasteiger partial charge is 0.289 e. The van der Waals surface area contributed by atoms with Crippen molar-refractivity contribution in [1.29, 1.82) is 0 Å². The van der Waals surface area contributed by atoms with Crippen LogP contribution in [-0.4, -0.2) is 53.2 Å². The van der Waals surface area contributed by atoms with Gasteiger partial charge in [-0.1, -0.05) is 0 Å². The molecule has 1 fully saturated rings. The number of nitrogen functional groups attached to an aromatic ring is 1. The number of thioether (sulfide) groups is 1. The number of anilines is 2. The van der Waals surface area contributed by atoms with Crippen LogP contribution in [-0.2, 0) is 5.75 Å². The van der Waals surface area contributed by atoms with Crippen LogP contribution in [0.4, 0.5) is 11.8 Å². The van der Waals surface area contributed by atoms with Gasteiger partial charge in [0.05, 0.1) is 5.75 Å². The minimum atomic E-state index is -0.284. The normalized spacial score (nSPS) is 14.9. The van der Waals surface area contributed by atoms with Crippen molar-refractivity contribution in [2.45, 2.75) is 5.75 Å². The van der Waals surface area contributed by atoms with Crippen molar-refractivity contribution >= 4 is 29.4 Å². The monoisotopic (exact) mass is 349 g/mol. The Morgan fingerprint density at radius 3 is 2.79 bits per heavy atom. The molecule has 3 heterocycles. The van der Waals surface area contributed by atoms with E-state index in [1.54, 1.807) is 22.7 Å². The van der Waals surface area contributed by atoms with Crippen LogP contribution >= 0.6 is 11.8 Å². The summed E-state index contributed by atoms with van der Waals surface area (Å²) in [5, 5.41) is 0. The van der Waals surface area contributed by atoms with E-state index in [0.717, 1.165) is 11.5 Å². The first-order valence-electron chi connectivity index (χ1n) is 7.55. The number of hydrogen-bond acceptors (Lipinski definition) is 7. The molecule has 24 heavy (non-hydrogen) atoms. The van der Waals surface area contributed by atoms with Crippen molar-refractivity contribution in [2.75, 3.05) is 43.1 Å². The van der Waals surface area contributed by atoms with Gasteiger partial charge in [0, 0.05) is 32.2 Å². The number of carbonyl (C=O) groups excluding carboxylic acids is 1. The zero-order valence-electron chi connectivity index (χ0n) is 13.3. The quantitative estimate of drug-likeness (QED) is 0.839. The Hall–Kier alpha value is -2.42. The van der Waals surface area contributed by atoms with Crippen molar-refractivity contribution in [1.82, 2.24) is 14.9 Å². The third-order valence-electron chi connectivity index (χ3n) is 3.80. The van der Waals surface area contributed by atoms with E-state index in [0.29, 0.717) is 37.8 Å². The highest BCUT2D eigenvalue weighted by molar-refractivity contribution is 7.97. The summed E-state index contributed by atoms with van der Waals surface area (Å²) in [6.45, 7) is 2.23. The Morgan fingerprint density at radius 1 is 1.38 bits per heavy atom. The molecule has 9 heteroatoms. The van der Waals surface area contributed by atoms with Gasteiger partial charge in [0.15, 0.2) is 5.76 Å². The van der Waals surface area contributed by atoms with Crippen LogP contribution in [0.3, 0.4) is 0 Å². The summed E-state index contributed by atoms with van der Waals surface area (Å²) >= 11 is 1.64. The van der Waals surface area contributed by atoms with Crippen LogP contribution in [0.5, 0.6) is 0 Å². The summed E-state index contributed by atoms with van der Waals surface area (Å²) in [6.07, 6.45) is 1.98. The third kappa shape index (κ3) is 3.56. The van der Waals surface area contributed by atoms with E-state index in [1.165, 1.54) is 6.07 Å². The minimum Gasteiger partial charge on any atom is -0.455 e. The predicted molar refractivity (Wildman–Crippen MR) is 93.3 cm³/mol. The Balaban J connectivity index is 1.63. The molecule has 3 N–H and O–H groups in total. The number of piperazine rings is 1. The van der Waals surface area contributed by atoms with Crippen LogP contribution in [0.25, 0.3) is 0 Å². The summed E-state index contributed by atoms with van der Waals surface area (Å²) < 4.78 is 5.58. The number of carbonyl (C=O) groups is 1. The maximum Gasteiger partial charge on any atom is 0.289 e. The molecule has 8 nitrogen and oxygen atoms in total. The molecule has 3 rings (SSSR count). The molecule has 1 amide bonds. The van der Waals surface area contributed by atoms with Crippen molar-refractivity contribution in [3.8, 4) is 0 Å². The molecule has 1 saturated heterocycles. The molecule has 2 aromatic rings. The summed E-state index contributed by atoms with van der Waals surface area (Å²) in [5.41, 5.74) is 5.29. The molecule has 0 radical (unpaired) electrons. The largest absolute Gasteiger partial charge is 0.455 e. The second-order valence-electron chi connectivity index (χ2n) is 5.47. The van der Waals surface area contributed by atoms with Gasteiger partial charge in [0.2, 0.25) is 5.95 Å². The summed E-state index contributed by atoms with van der Waals surface area (Å²) in [4.78, 5) is 34.2. The second-order valence-corrected chi connectivity index (χ2v) is 6.33. The van der Waals surface area contributed by atoms with Gasteiger partial charge in [-0.25, -0.2) is 0 Å². The zero-order valence-corrected chi connectivity index (χ0v) is 14.1. The van der Waals surface area contributed by atoms with Gasteiger partial charge in [-0.3, -0.25) is 14.6 Å². The van der Waals surface area contributed by atoms with Gasteiger partial charge < -0.3 is 20.0 Å². The number of nitrogens with one attached hydrogen (secondary N) is 1. The lowest BCUT2D eigenvalue weighted by Gasteiger charge is -2.34. The maximum absolute atomic E-state index is 12.5. The highest BCUT2D eigenvalue weighted by atomic mass is 32.2. The van der Waals surface area contributed by atoms with Crippen LogP contribution < -0.4 is 16.2 Å². The first kappa shape index (κ1) is 16.4. The van der Waals surface area contributed by atoms with E-state index in [2.05, 4.69) is 9.97 Å². The molecule has 0 saturated carbocycles. The van der Waals surface area contributed by atoms with E-state index in [4.69, 9.17) is 10.2 Å². The summed E-state index contributed by atoms with van der Waals surface area (Å²) in [5.74, 6) is 2.42. The van der Waals surface area contributed by atoms with Gasteiger partial charge in [0.1, 0.15) is 11.6 Å². The molecule has 0 spiro atoms. The molecule has 1 aliphatic heterocycles. The predicted octanol–water partition coefficient (Wildman–Crippen LogP) is 0.770. The Kier molecular flexibility index (Phi) is 4.79. The molecule has 128 valence electrons. The highest BCUT2D eigenvalue weighted by Crippen LogP contribution is 2.17. The lowest BCUT2D eigenvalue weighted by atomic mass is 10.3. The standard InChI is InChI=1S/C15H19N5O3S/c1-24-9-10-2-3-11(23-10)14(22)20-6-4-19(5-7-20)12-8-13(21)18-15(16)17-12/h2-3,8H,4-7,9H2,1H3,(H3,16,17,18,21). The SMILES string of the molecule is CSCc1ccc(C(=O)N2CCN(c3cc(=O)[nH]c(N)n3)CC2)o1. The van der Waals surface area contributed by atoms with E-state index in [1.807, 2.05) is 17.2 Å². The number of nitrogens with two attached hydrogens (primary N) is 1. The Bertz CT molecular complexity index is 779. The van der Waals surface area contributed by atoms with Crippen LogP contribution in [0, 0.1) is 0 Å². The van der Waals surface area contributed by atoms with Crippen molar-refractivity contribution in [3.05, 3.63) is 40.1 Å². The molecular formula is C15H19N5O3S. The van der Waals surface area contributed by atoms with E-state index in [9.17, 15) is 9.59 Å². The van der Waals surface area contributed by atoms with Crippen molar-refractivity contribution in [3.63, 3.8) is 0 Å². The van der Waals surface area contributed by atoms with Crippen molar-refractivity contribution in [2.24, 2.45) is 0 Å². The first-order chi connectivity index (χ1) is 11.6. The van der Waals surface area contributed by atoms with Crippen LogP contribution in [0.2, 0.25) is 0 Å². The van der Waals surface area contributed by atoms with Gasteiger partial charge in [-0.2, -0.15) is 16.7 Å². The van der Waals surface area contributed by atoms with Gasteiger partial charge in [-0.15, -0.1) is 0 Å². The van der Waals surface area contributed by atoms with Crippen LogP contribution in [0.1, 0.15) is 16.3 Å². The van der Waals surface area contributed by atoms with Crippen molar-refractivity contribution < 1.29 is 9.21 Å². The lowest BCUT2D eigenvalue weighted by Crippen LogP contribution is -2.49. The molecule has 0 atom stereocenters. The molecule has 1 aliphatic rings. The molecule has 0 aliphatic carbocycles. The lowest BCUT2D eigenvalue weighted by molar-refractivity contribution is 0.0713. The number of amides is 1. The van der Waals surface area contributed by atoms with Crippen LogP contribution in [0.15, 0.2) is 27.4 Å². The number of hydrogen-bond donors (Lipinski definition) is 2. The molecule has 0 bridgehead atoms. The Morgan fingerprint density at radius 2 is 2.12 bits per heavy atom. The second kappa shape index (κ2) is 7.00. The number of aromatic amines is 1. The summed E-state index contributed by atoms with van der Waals surface area (Å²) in [6, 6.07) is 4.97. The third-order valence-corrected chi connectivity index (χ3v) is 4.37. The average molecular weight is 349 g/mol. The van der Waals surface area contributed by atoms with E-state index >= 15 is 0 Å². The number of nitrogens with zero attached hydrogens (tertiary/aromatic N) is 3. The molecule has 0 aromatic carbocycles. The zero-order chi connectivity index (χ0) is 17.1. The molecular weight excluding hydrogens is 330 g/mol. The fourth-order valence-electron chi connectivity index (χ4n) is 2.63. The molecule has 0 unspecified atom stereocenters. The molecule has 2 aromatic heterocycles. The van der Waals surface area contributed by atoms with E-state index < -0.39 is 0 Å². The first-order valence-corrected chi connectivity index (χ1v) is 8.95. The number of rotatable bonds is 4. The van der Waals surface area contributed by atoms with Gasteiger partial charge in [-0.05, 0) is 18.4 Å². The van der Waals surface area contributed by atoms with E-state index in [-0.39, 0.29) is 17.4 Å². The van der Waals surface area contributed by atoms with Gasteiger partial charge >= 0.3 is 0 Å². The summed E-state index contributed by atoms with van der Waals surface area (Å²) in [7, 11) is 0. The van der Waals surface area contributed by atoms with Gasteiger partial charge in [0.25, 0.3) is 11.5 Å². The topological polar surface area (TPSA) is 108 Å². The fraction of sp³-hybridized carbons (Fsp3) is 0.400. The average Bonchev–Trinajstić information content (AvgIpc) is 3.02.